The van der Waals surface area contributed by atoms with E-state index in [9.17, 15) is 24.0 Å². The molecule has 3 aromatic carbocycles. The number of amides is 4. The van der Waals surface area contributed by atoms with Gasteiger partial charge in [0.2, 0.25) is 0 Å². The van der Waals surface area contributed by atoms with E-state index in [0.29, 0.717) is 25.8 Å². The van der Waals surface area contributed by atoms with Gasteiger partial charge in [0.25, 0.3) is 0 Å². The van der Waals surface area contributed by atoms with Gasteiger partial charge < -0.3 is 45.0 Å². The molecular formula is C43H59N5O10. The maximum Gasteiger partial charge on any atom is 0.407 e. The predicted molar refractivity (Wildman–Crippen MR) is 218 cm³/mol. The van der Waals surface area contributed by atoms with Crippen LogP contribution in [0.4, 0.5) is 19.2 Å². The van der Waals surface area contributed by atoms with E-state index in [1.165, 1.54) is 7.11 Å². The lowest BCUT2D eigenvalue weighted by Gasteiger charge is -2.31. The second kappa shape index (κ2) is 26.2. The Balaban J connectivity index is 1.74. The van der Waals surface area contributed by atoms with Crippen molar-refractivity contribution in [1.29, 1.82) is 0 Å². The Morgan fingerprint density at radius 2 is 1.03 bits per heavy atom. The summed E-state index contributed by atoms with van der Waals surface area (Å²) in [5.74, 6) is -0.445. The molecule has 4 N–H and O–H groups in total. The third-order valence-corrected chi connectivity index (χ3v) is 8.51. The fraction of sp³-hybridized carbons (Fsp3) is 0.465. The maximum atomic E-state index is 13.2. The summed E-state index contributed by atoms with van der Waals surface area (Å²) in [4.78, 5) is 65.2. The van der Waals surface area contributed by atoms with Gasteiger partial charge >= 0.3 is 30.3 Å². The van der Waals surface area contributed by atoms with Crippen molar-refractivity contribution in [3.05, 3.63) is 108 Å². The summed E-state index contributed by atoms with van der Waals surface area (Å²) in [5, 5.41) is 11.4. The van der Waals surface area contributed by atoms with Crippen molar-refractivity contribution in [3.8, 4) is 0 Å². The van der Waals surface area contributed by atoms with Crippen LogP contribution in [0.15, 0.2) is 91.0 Å². The molecule has 0 saturated heterocycles. The fourth-order valence-electron chi connectivity index (χ4n) is 5.67. The number of rotatable bonds is 23. The zero-order valence-corrected chi connectivity index (χ0v) is 34.0. The molecule has 0 unspecified atom stereocenters. The summed E-state index contributed by atoms with van der Waals surface area (Å²) in [6, 6.07) is 26.8. The molecule has 3 rings (SSSR count). The molecular weight excluding hydrogens is 746 g/mol. The molecule has 4 amide bonds. The van der Waals surface area contributed by atoms with Gasteiger partial charge in [0, 0.05) is 51.2 Å². The van der Waals surface area contributed by atoms with Gasteiger partial charge in [-0.2, -0.15) is 0 Å². The molecule has 2 atom stereocenters. The average Bonchev–Trinajstić information content (AvgIpc) is 3.20. The number of nitrogens with one attached hydrogen (secondary N) is 4. The Morgan fingerprint density at radius 1 is 0.586 bits per heavy atom. The summed E-state index contributed by atoms with van der Waals surface area (Å²) in [6.07, 6.45) is -0.440. The molecule has 15 nitrogen and oxygen atoms in total. The van der Waals surface area contributed by atoms with Crippen LogP contribution in [0.3, 0.4) is 0 Å². The quantitative estimate of drug-likeness (QED) is 0.0469. The van der Waals surface area contributed by atoms with Gasteiger partial charge in [0.1, 0.15) is 25.4 Å². The maximum absolute atomic E-state index is 13.2. The molecule has 0 aliphatic heterocycles. The molecule has 316 valence electrons. The number of alkyl carbamates (subject to hydrolysis) is 4. The van der Waals surface area contributed by atoms with E-state index in [0.717, 1.165) is 16.7 Å². The van der Waals surface area contributed by atoms with Crippen molar-refractivity contribution in [1.82, 2.24) is 26.2 Å². The van der Waals surface area contributed by atoms with Crippen molar-refractivity contribution < 1.29 is 47.7 Å². The van der Waals surface area contributed by atoms with Crippen molar-refractivity contribution in [3.63, 3.8) is 0 Å². The van der Waals surface area contributed by atoms with Gasteiger partial charge in [-0.15, -0.1) is 0 Å². The Hall–Kier alpha value is -5.83. The summed E-state index contributed by atoms with van der Waals surface area (Å²) in [5.41, 5.74) is 1.85. The van der Waals surface area contributed by atoms with E-state index in [-0.39, 0.29) is 58.8 Å². The first kappa shape index (κ1) is 46.6. The number of unbranched alkanes of at least 4 members (excludes halogenated alkanes) is 1. The van der Waals surface area contributed by atoms with Crippen LogP contribution in [0.1, 0.15) is 69.6 Å². The third-order valence-electron chi connectivity index (χ3n) is 8.51. The molecule has 0 spiro atoms. The summed E-state index contributed by atoms with van der Waals surface area (Å²) in [7, 11) is 1.30. The molecule has 0 bridgehead atoms. The highest BCUT2D eigenvalue weighted by atomic mass is 16.6. The van der Waals surface area contributed by atoms with Crippen molar-refractivity contribution in [2.24, 2.45) is 0 Å². The number of benzene rings is 3. The van der Waals surface area contributed by atoms with E-state index in [4.69, 9.17) is 23.7 Å². The Bertz CT molecular complexity index is 1660. The SMILES string of the molecule is COC(=O)CC[C@@H](CN(CCNC(=O)OCc1ccccc1)C[C@H](CCCCNC(=O)OC(C)(C)C)NC(=O)OCc1ccccc1)NC(=O)OCc1ccccc1. The minimum atomic E-state index is -0.669. The smallest absolute Gasteiger partial charge is 0.407 e. The normalized spacial score (nSPS) is 12.0. The van der Waals surface area contributed by atoms with Gasteiger partial charge in [-0.1, -0.05) is 91.0 Å². The molecule has 3 aromatic rings. The van der Waals surface area contributed by atoms with E-state index in [2.05, 4.69) is 21.3 Å². The second-order valence-corrected chi connectivity index (χ2v) is 14.6. The number of hydrogen-bond acceptors (Lipinski definition) is 11. The number of esters is 1. The molecule has 0 heterocycles. The van der Waals surface area contributed by atoms with Crippen molar-refractivity contribution in [2.45, 2.75) is 90.4 Å². The Kier molecular flexibility index (Phi) is 21.0. The van der Waals surface area contributed by atoms with Crippen LogP contribution in [0, 0.1) is 0 Å². The molecule has 58 heavy (non-hydrogen) atoms. The van der Waals surface area contributed by atoms with Crippen LogP contribution in [0.2, 0.25) is 0 Å². The second-order valence-electron chi connectivity index (χ2n) is 14.6. The van der Waals surface area contributed by atoms with Gasteiger partial charge in [0.15, 0.2) is 0 Å². The monoisotopic (exact) mass is 805 g/mol. The van der Waals surface area contributed by atoms with Gasteiger partial charge in [-0.05, 0) is 63.1 Å². The highest BCUT2D eigenvalue weighted by Crippen LogP contribution is 2.11. The van der Waals surface area contributed by atoms with Gasteiger partial charge in [-0.25, -0.2) is 19.2 Å². The standard InChI is InChI=1S/C43H59N5O10/c1-43(2,3)58-40(51)44-25-15-14-22-36(46-41(52)56-31-34-18-10-6-11-19-34)28-48(27-26-45-39(50)55-30-33-16-8-5-9-17-33)29-37(23-24-38(49)54-4)47-42(53)57-32-35-20-12-7-13-21-35/h5-13,16-21,36-37H,14-15,22-32H2,1-4H3,(H,44,51)(H,45,50)(H,46,52)(H,47,53)/t36-,37-/m0/s1. The largest absolute Gasteiger partial charge is 0.469 e. The Morgan fingerprint density at radius 3 is 1.50 bits per heavy atom. The highest BCUT2D eigenvalue weighted by Gasteiger charge is 2.24. The minimum absolute atomic E-state index is 0.0240. The lowest BCUT2D eigenvalue weighted by Crippen LogP contribution is -2.51. The average molecular weight is 806 g/mol. The zero-order valence-electron chi connectivity index (χ0n) is 34.0. The van der Waals surface area contributed by atoms with Gasteiger partial charge in [0.05, 0.1) is 7.11 Å². The van der Waals surface area contributed by atoms with E-state index >= 15 is 0 Å². The third kappa shape index (κ3) is 21.5. The molecule has 0 aromatic heterocycles. The molecule has 0 saturated carbocycles. The number of ether oxygens (including phenoxy) is 5. The topological polar surface area (TPSA) is 183 Å². The van der Waals surface area contributed by atoms with Crippen molar-refractivity contribution in [2.75, 3.05) is 39.8 Å². The van der Waals surface area contributed by atoms with Gasteiger partial charge in [-0.3, -0.25) is 9.69 Å². The molecule has 0 aliphatic rings. The van der Waals surface area contributed by atoms with Crippen LogP contribution in [-0.4, -0.2) is 92.8 Å². The van der Waals surface area contributed by atoms with Crippen LogP contribution in [-0.2, 0) is 48.3 Å². The molecule has 0 aliphatic carbocycles. The van der Waals surface area contributed by atoms with Crippen LogP contribution in [0.25, 0.3) is 0 Å². The molecule has 0 radical (unpaired) electrons. The Labute approximate surface area is 341 Å². The number of methoxy groups -OCH3 is 1. The van der Waals surface area contributed by atoms with Crippen LogP contribution >= 0.6 is 0 Å². The van der Waals surface area contributed by atoms with Crippen LogP contribution in [0.5, 0.6) is 0 Å². The van der Waals surface area contributed by atoms with E-state index in [1.807, 2.05) is 95.9 Å². The highest BCUT2D eigenvalue weighted by molar-refractivity contribution is 5.70. The lowest BCUT2D eigenvalue weighted by molar-refractivity contribution is -0.140. The lowest BCUT2D eigenvalue weighted by atomic mass is 10.1. The molecule has 15 heteroatoms. The van der Waals surface area contributed by atoms with E-state index < -0.39 is 48.0 Å². The summed E-state index contributed by atoms with van der Waals surface area (Å²) in [6.45, 7) is 6.90. The predicted octanol–water partition coefficient (Wildman–Crippen LogP) is 6.45. The fourth-order valence-corrected chi connectivity index (χ4v) is 5.67. The number of carbonyl (C=O) groups is 5. The van der Waals surface area contributed by atoms with Crippen LogP contribution < -0.4 is 21.3 Å². The first-order chi connectivity index (χ1) is 27.9. The number of hydrogen-bond donors (Lipinski definition) is 4. The molecule has 0 fully saturated rings. The van der Waals surface area contributed by atoms with Crippen molar-refractivity contribution >= 4 is 30.3 Å². The number of carbonyl (C=O) groups excluding carboxylic acids is 5. The first-order valence-electron chi connectivity index (χ1n) is 19.5. The zero-order chi connectivity index (χ0) is 42.0. The first-order valence-corrected chi connectivity index (χ1v) is 19.5. The van der Waals surface area contributed by atoms with E-state index in [1.54, 1.807) is 20.8 Å². The number of nitrogens with zero attached hydrogens (tertiary/aromatic N) is 1. The summed E-state index contributed by atoms with van der Waals surface area (Å²) < 4.78 is 26.7. The summed E-state index contributed by atoms with van der Waals surface area (Å²) >= 11 is 0. The minimum Gasteiger partial charge on any atom is -0.469 e.